The van der Waals surface area contributed by atoms with Crippen LogP contribution < -0.4 is 0 Å². The van der Waals surface area contributed by atoms with Crippen molar-refractivity contribution in [1.29, 1.82) is 0 Å². The van der Waals surface area contributed by atoms with Crippen LogP contribution in [-0.2, 0) is 21.7 Å². The van der Waals surface area contributed by atoms with Gasteiger partial charge in [-0.3, -0.25) is 0 Å². The second kappa shape index (κ2) is 3.05. The number of fused-ring (bicyclic) bond motifs is 2. The van der Waals surface area contributed by atoms with Crippen molar-refractivity contribution in [1.82, 2.24) is 4.98 Å². The molecule has 2 aliphatic rings. The molecule has 0 radical (unpaired) electrons. The summed E-state index contributed by atoms with van der Waals surface area (Å²) < 4.78 is 10.8. The van der Waals surface area contributed by atoms with E-state index in [0.717, 1.165) is 11.1 Å². The first-order chi connectivity index (χ1) is 7.71. The number of nitrogens with zero attached hydrogens (tertiary/aromatic N) is 1. The molecule has 0 aromatic carbocycles. The molecule has 0 saturated heterocycles. The average molecular weight is 219 g/mol. The molecular weight excluding hydrogens is 210 g/mol. The number of rotatable bonds is 1. The van der Waals surface area contributed by atoms with Crippen molar-refractivity contribution in [3.05, 3.63) is 41.4 Å². The standard InChI is InChI=1S/C11H9NO4/c13-10(14)9-3-8-7(4-12-9)5-16-11(8)1-2-15-6-11/h1-4H,5-6H2,(H,13,14). The average Bonchev–Trinajstić information content (AvgIpc) is 2.88. The molecule has 1 unspecified atom stereocenters. The number of hydrogen-bond acceptors (Lipinski definition) is 4. The number of ether oxygens (including phenoxy) is 2. The molecule has 82 valence electrons. The lowest BCUT2D eigenvalue weighted by Gasteiger charge is -2.19. The molecule has 16 heavy (non-hydrogen) atoms. The molecule has 0 saturated carbocycles. The van der Waals surface area contributed by atoms with Crippen molar-refractivity contribution in [2.24, 2.45) is 0 Å². The third-order valence-corrected chi connectivity index (χ3v) is 2.88. The van der Waals surface area contributed by atoms with Crippen molar-refractivity contribution in [2.45, 2.75) is 12.2 Å². The van der Waals surface area contributed by atoms with Gasteiger partial charge in [-0.05, 0) is 12.1 Å². The molecule has 3 heterocycles. The zero-order chi connectivity index (χ0) is 11.2. The predicted octanol–water partition coefficient (Wildman–Crippen LogP) is 1.05. The lowest BCUT2D eigenvalue weighted by Crippen LogP contribution is -2.24. The number of carboxylic acids is 1. The Morgan fingerprint density at radius 1 is 1.56 bits per heavy atom. The Labute approximate surface area is 91.3 Å². The maximum absolute atomic E-state index is 10.9. The van der Waals surface area contributed by atoms with E-state index in [1.165, 1.54) is 0 Å². The fourth-order valence-corrected chi connectivity index (χ4v) is 2.03. The second-order valence-electron chi connectivity index (χ2n) is 3.82. The van der Waals surface area contributed by atoms with E-state index < -0.39 is 11.6 Å². The first-order valence-corrected chi connectivity index (χ1v) is 4.87. The number of aromatic carboxylic acids is 1. The minimum Gasteiger partial charge on any atom is -0.498 e. The minimum atomic E-state index is -1.03. The first kappa shape index (κ1) is 9.35. The molecule has 0 bridgehead atoms. The third-order valence-electron chi connectivity index (χ3n) is 2.88. The molecular formula is C11H9NO4. The van der Waals surface area contributed by atoms with E-state index in [1.807, 2.05) is 6.08 Å². The Bertz CT molecular complexity index is 497. The number of carbonyl (C=O) groups is 1. The molecule has 0 fully saturated rings. The second-order valence-corrected chi connectivity index (χ2v) is 3.82. The fraction of sp³-hybridized carbons (Fsp3) is 0.273. The minimum absolute atomic E-state index is 0.0314. The van der Waals surface area contributed by atoms with Gasteiger partial charge in [0.2, 0.25) is 0 Å². The van der Waals surface area contributed by atoms with Gasteiger partial charge in [-0.25, -0.2) is 9.78 Å². The molecule has 1 atom stereocenters. The maximum Gasteiger partial charge on any atom is 0.354 e. The highest BCUT2D eigenvalue weighted by atomic mass is 16.6. The number of aromatic nitrogens is 1. The Morgan fingerprint density at radius 3 is 3.12 bits per heavy atom. The van der Waals surface area contributed by atoms with Gasteiger partial charge in [-0.15, -0.1) is 0 Å². The van der Waals surface area contributed by atoms with Gasteiger partial charge in [0.1, 0.15) is 17.9 Å². The highest BCUT2D eigenvalue weighted by molar-refractivity contribution is 5.85. The lowest BCUT2D eigenvalue weighted by molar-refractivity contribution is -0.0234. The predicted molar refractivity (Wildman–Crippen MR) is 52.8 cm³/mol. The van der Waals surface area contributed by atoms with E-state index in [9.17, 15) is 4.79 Å². The van der Waals surface area contributed by atoms with Crippen LogP contribution in [0.2, 0.25) is 0 Å². The SMILES string of the molecule is O=C(O)c1cc2c(cn1)COC21C=COC1. The molecule has 0 amide bonds. The quantitative estimate of drug-likeness (QED) is 0.764. The summed E-state index contributed by atoms with van der Waals surface area (Å²) in [4.78, 5) is 14.7. The number of pyridine rings is 1. The van der Waals surface area contributed by atoms with Crippen LogP contribution in [0.3, 0.4) is 0 Å². The van der Waals surface area contributed by atoms with E-state index in [0.29, 0.717) is 13.2 Å². The maximum atomic E-state index is 10.9. The number of hydrogen-bond donors (Lipinski definition) is 1. The van der Waals surface area contributed by atoms with Gasteiger partial charge in [-0.2, -0.15) is 0 Å². The van der Waals surface area contributed by atoms with Gasteiger partial charge >= 0.3 is 5.97 Å². The Morgan fingerprint density at radius 2 is 2.44 bits per heavy atom. The summed E-state index contributed by atoms with van der Waals surface area (Å²) >= 11 is 0. The third kappa shape index (κ3) is 1.15. The van der Waals surface area contributed by atoms with Crippen molar-refractivity contribution in [3.8, 4) is 0 Å². The van der Waals surface area contributed by atoms with Crippen LogP contribution in [0.4, 0.5) is 0 Å². The van der Waals surface area contributed by atoms with Crippen molar-refractivity contribution < 1.29 is 19.4 Å². The van der Waals surface area contributed by atoms with E-state index in [4.69, 9.17) is 14.6 Å². The largest absolute Gasteiger partial charge is 0.498 e. The van der Waals surface area contributed by atoms with E-state index >= 15 is 0 Å². The molecule has 1 N–H and O–H groups in total. The van der Waals surface area contributed by atoms with Gasteiger partial charge in [0, 0.05) is 17.3 Å². The Hall–Kier alpha value is -1.88. The zero-order valence-electron chi connectivity index (χ0n) is 8.34. The summed E-state index contributed by atoms with van der Waals surface area (Å²) in [7, 11) is 0. The molecule has 5 nitrogen and oxygen atoms in total. The number of carboxylic acid groups (broad SMARTS) is 1. The summed E-state index contributed by atoms with van der Waals surface area (Å²) in [6.45, 7) is 0.832. The van der Waals surface area contributed by atoms with Crippen LogP contribution in [0.5, 0.6) is 0 Å². The summed E-state index contributed by atoms with van der Waals surface area (Å²) in [6, 6.07) is 1.56. The van der Waals surface area contributed by atoms with Crippen molar-refractivity contribution >= 4 is 5.97 Å². The van der Waals surface area contributed by atoms with Gasteiger partial charge in [0.05, 0.1) is 12.9 Å². The first-order valence-electron chi connectivity index (χ1n) is 4.87. The zero-order valence-corrected chi connectivity index (χ0v) is 8.34. The van der Waals surface area contributed by atoms with Crippen LogP contribution in [0, 0.1) is 0 Å². The highest BCUT2D eigenvalue weighted by Gasteiger charge is 2.41. The molecule has 1 aromatic rings. The van der Waals surface area contributed by atoms with Crippen LogP contribution in [-0.4, -0.2) is 22.7 Å². The van der Waals surface area contributed by atoms with Crippen LogP contribution in [0.25, 0.3) is 0 Å². The highest BCUT2D eigenvalue weighted by Crippen LogP contribution is 2.40. The van der Waals surface area contributed by atoms with Crippen LogP contribution >= 0.6 is 0 Å². The molecule has 1 aromatic heterocycles. The molecule has 3 rings (SSSR count). The summed E-state index contributed by atoms with van der Waals surface area (Å²) in [5, 5.41) is 8.89. The Kier molecular flexibility index (Phi) is 1.79. The Balaban J connectivity index is 2.13. The van der Waals surface area contributed by atoms with Crippen LogP contribution in [0.1, 0.15) is 21.6 Å². The molecule has 0 aliphatic carbocycles. The monoisotopic (exact) mass is 219 g/mol. The fourth-order valence-electron chi connectivity index (χ4n) is 2.03. The topological polar surface area (TPSA) is 68.7 Å². The summed E-state index contributed by atoms with van der Waals surface area (Å²) in [6.07, 6.45) is 4.94. The van der Waals surface area contributed by atoms with Gasteiger partial charge in [-0.1, -0.05) is 0 Å². The molecule has 5 heteroatoms. The normalized spacial score (nSPS) is 25.8. The van der Waals surface area contributed by atoms with E-state index in [-0.39, 0.29) is 5.69 Å². The smallest absolute Gasteiger partial charge is 0.354 e. The van der Waals surface area contributed by atoms with Crippen molar-refractivity contribution in [3.63, 3.8) is 0 Å². The van der Waals surface area contributed by atoms with Crippen molar-refractivity contribution in [2.75, 3.05) is 6.61 Å². The summed E-state index contributed by atoms with van der Waals surface area (Å²) in [5.74, 6) is -1.03. The van der Waals surface area contributed by atoms with E-state index in [2.05, 4.69) is 4.98 Å². The van der Waals surface area contributed by atoms with Crippen LogP contribution in [0.15, 0.2) is 24.6 Å². The van der Waals surface area contributed by atoms with E-state index in [1.54, 1.807) is 18.5 Å². The summed E-state index contributed by atoms with van der Waals surface area (Å²) in [5.41, 5.74) is 1.18. The molecule has 1 spiro atoms. The van der Waals surface area contributed by atoms with Gasteiger partial charge < -0.3 is 14.6 Å². The van der Waals surface area contributed by atoms with Gasteiger partial charge in [0.25, 0.3) is 0 Å². The van der Waals surface area contributed by atoms with Gasteiger partial charge in [0.15, 0.2) is 0 Å². The lowest BCUT2D eigenvalue weighted by atomic mass is 9.94. The molecule has 2 aliphatic heterocycles.